The molecule has 13 nitrogen and oxygen atoms in total. The molecule has 8 bridgehead atoms. The molecule has 1 aromatic carbocycles. The average Bonchev–Trinajstić information content (AvgIpc) is 2.74. The molecule has 8 saturated carbocycles. The quantitative estimate of drug-likeness (QED) is 0.188. The highest BCUT2D eigenvalue weighted by Gasteiger charge is 2.52. The molecular weight excluding hydrogens is 609 g/mol. The van der Waals surface area contributed by atoms with Crippen LogP contribution in [0.3, 0.4) is 0 Å². The Morgan fingerprint density at radius 1 is 0.548 bits per heavy atom. The van der Waals surface area contributed by atoms with E-state index < -0.39 is 38.7 Å². The molecule has 2 unspecified atom stereocenters. The van der Waals surface area contributed by atoms with Gasteiger partial charge in [0.2, 0.25) is 0 Å². The minimum Gasteiger partial charge on any atom is -0.775 e. The first kappa shape index (κ1) is 36.0. The topological polar surface area (TPSA) is 297 Å². The van der Waals surface area contributed by atoms with E-state index in [9.17, 15) is 23.5 Å². The van der Waals surface area contributed by atoms with Crippen LogP contribution in [0.15, 0.2) is 18.2 Å². The van der Waals surface area contributed by atoms with Crippen molar-refractivity contribution in [3.05, 3.63) is 18.2 Å². The molecule has 9 rings (SSSR count). The molecule has 0 radical (unpaired) electrons. The lowest BCUT2D eigenvalue weighted by Gasteiger charge is -2.52. The summed E-state index contributed by atoms with van der Waals surface area (Å²) in [5, 5.41) is -3.00. The third-order valence-electron chi connectivity index (χ3n) is 10.2. The van der Waals surface area contributed by atoms with Gasteiger partial charge in [0.1, 0.15) is 0 Å². The largest absolute Gasteiger partial charge is 0.775 e. The van der Waals surface area contributed by atoms with Crippen molar-refractivity contribution in [2.45, 2.75) is 88.1 Å². The lowest BCUT2D eigenvalue weighted by atomic mass is 9.53. The highest BCUT2D eigenvalue weighted by Crippen LogP contribution is 2.54. The molecule has 0 aromatic heterocycles. The van der Waals surface area contributed by atoms with Gasteiger partial charge in [0.25, 0.3) is 0 Å². The van der Waals surface area contributed by atoms with Gasteiger partial charge >= 0.3 is 7.60 Å². The summed E-state index contributed by atoms with van der Waals surface area (Å²) in [4.78, 5) is 56.8. The van der Waals surface area contributed by atoms with Gasteiger partial charge in [-0.3, -0.25) is 4.57 Å². The fraction of sp³-hybridized carbons (Fsp3) is 0.769. The Balaban J connectivity index is 0.000000175. The van der Waals surface area contributed by atoms with Crippen molar-refractivity contribution in [1.82, 2.24) is 0 Å². The van der Waals surface area contributed by atoms with E-state index in [4.69, 9.17) is 19.6 Å². The van der Waals surface area contributed by atoms with Gasteiger partial charge in [-0.2, -0.15) is 0 Å². The van der Waals surface area contributed by atoms with Gasteiger partial charge in [0.15, 0.2) is 15.2 Å². The molecule has 0 amide bonds. The van der Waals surface area contributed by atoms with Crippen LogP contribution in [0, 0.1) is 35.5 Å². The van der Waals surface area contributed by atoms with Crippen LogP contribution in [0.4, 0.5) is 0 Å². The predicted molar refractivity (Wildman–Crippen MR) is 152 cm³/mol. The van der Waals surface area contributed by atoms with Gasteiger partial charge < -0.3 is 60.9 Å². The Morgan fingerprint density at radius 3 is 0.929 bits per heavy atom. The van der Waals surface area contributed by atoms with Gasteiger partial charge in [0.05, 0.1) is 16.4 Å². The second-order valence-electron chi connectivity index (χ2n) is 14.1. The highest BCUT2D eigenvalue weighted by atomic mass is 31.2. The van der Waals surface area contributed by atoms with E-state index in [1.807, 2.05) is 0 Å². The number of hydrogen-bond acceptors (Lipinski definition) is 5. The summed E-state index contributed by atoms with van der Waals surface area (Å²) in [5.74, 6) is 6.49. The van der Waals surface area contributed by atoms with Crippen LogP contribution in [0.1, 0.15) is 77.0 Å². The molecule has 14 N–H and O–H groups in total. The van der Waals surface area contributed by atoms with Crippen molar-refractivity contribution in [2.75, 3.05) is 0 Å². The molecule has 8 fully saturated rings. The Hall–Kier alpha value is -0.490. The van der Waals surface area contributed by atoms with E-state index in [0.717, 1.165) is 35.5 Å². The summed E-state index contributed by atoms with van der Waals surface area (Å²) >= 11 is 0. The van der Waals surface area contributed by atoms with E-state index in [2.05, 4.69) is 11.5 Å². The summed E-state index contributed by atoms with van der Waals surface area (Å²) in [7, 11) is -15.3. The molecule has 1 aromatic rings. The normalized spacial score (nSPS) is 39.7. The third kappa shape index (κ3) is 8.40. The van der Waals surface area contributed by atoms with Gasteiger partial charge in [-0.15, -0.1) is 0 Å². The average molecular weight is 657 g/mol. The van der Waals surface area contributed by atoms with Crippen molar-refractivity contribution in [1.29, 1.82) is 0 Å². The fourth-order valence-electron chi connectivity index (χ4n) is 9.65. The second kappa shape index (κ2) is 12.4. The molecule has 0 saturated heterocycles. The lowest BCUT2D eigenvalue weighted by Crippen LogP contribution is -2.77. The van der Waals surface area contributed by atoms with Gasteiger partial charge in [-0.25, -0.2) is 0 Å². The molecule has 8 aliphatic rings. The minimum absolute atomic E-state index is 0. The van der Waals surface area contributed by atoms with Crippen molar-refractivity contribution >= 4 is 38.7 Å². The first-order valence-corrected chi connectivity index (χ1v) is 19.1. The predicted octanol–water partition coefficient (Wildman–Crippen LogP) is -2.42. The number of benzene rings is 1. The maximum absolute atomic E-state index is 10.9. The van der Waals surface area contributed by atoms with Crippen LogP contribution in [0.2, 0.25) is 0 Å². The molecule has 2 atom stereocenters. The van der Waals surface area contributed by atoms with Crippen LogP contribution in [0.25, 0.3) is 0 Å². The fourth-order valence-corrected chi connectivity index (χ4v) is 11.8. The smallest absolute Gasteiger partial charge is 0.356 e. The summed E-state index contributed by atoms with van der Waals surface area (Å²) in [5.41, 5.74) is 9.96. The Labute approximate surface area is 246 Å². The van der Waals surface area contributed by atoms with Crippen LogP contribution in [-0.2, 0) is 13.7 Å². The molecule has 42 heavy (non-hydrogen) atoms. The summed E-state index contributed by atoms with van der Waals surface area (Å²) in [6.45, 7) is 0. The zero-order valence-electron chi connectivity index (χ0n) is 23.8. The lowest BCUT2D eigenvalue weighted by molar-refractivity contribution is -0.505. The van der Waals surface area contributed by atoms with Gasteiger partial charge in [0, 0.05) is 49.1 Å². The first-order chi connectivity index (χ1) is 18.3. The zero-order chi connectivity index (χ0) is 29.3. The minimum atomic E-state index is -5.18. The van der Waals surface area contributed by atoms with E-state index in [1.54, 1.807) is 38.5 Å². The third-order valence-corrected chi connectivity index (χ3v) is 13.0. The van der Waals surface area contributed by atoms with Gasteiger partial charge in [-0.05, 0) is 92.2 Å². The van der Waals surface area contributed by atoms with E-state index in [-0.39, 0.29) is 11.0 Å². The first-order valence-electron chi connectivity index (χ1n) is 14.3. The highest BCUT2D eigenvalue weighted by molar-refractivity contribution is 7.62. The molecule has 242 valence electrons. The number of rotatable bonds is 3. The molecule has 0 spiro atoms. The second-order valence-corrected chi connectivity index (χ2v) is 18.8. The van der Waals surface area contributed by atoms with Crippen LogP contribution in [0.5, 0.6) is 0 Å². The van der Waals surface area contributed by atoms with Crippen molar-refractivity contribution in [3.8, 4) is 0 Å². The molecule has 0 heterocycles. The van der Waals surface area contributed by atoms with Crippen molar-refractivity contribution in [3.63, 3.8) is 0 Å². The summed E-state index contributed by atoms with van der Waals surface area (Å²) in [6.07, 6.45) is 18.0. The summed E-state index contributed by atoms with van der Waals surface area (Å²) < 4.78 is 32.6. The Kier molecular flexibility index (Phi) is 10.6. The maximum atomic E-state index is 10.9. The number of hydrogen-bond donors (Lipinski definition) is 6. The molecule has 0 aliphatic heterocycles. The molecular formula is C26H47N2O11P3. The van der Waals surface area contributed by atoms with Crippen molar-refractivity contribution < 1.29 is 65.5 Å². The van der Waals surface area contributed by atoms with Gasteiger partial charge in [-0.1, -0.05) is 0 Å². The molecule has 8 aliphatic carbocycles. The van der Waals surface area contributed by atoms with Crippen molar-refractivity contribution in [2.24, 2.45) is 35.5 Å². The standard InChI is InChI=1S/2C10H17N.C6H9O9P3.2H2O/c2*11-10-4-7-1-8(5-10)3-9(2-7)6-10;7-16(8,9)4-1-5(17(10,11)12)3-6(2-4)18(13,14)15;;/h2*7-9H,1-6,11H2;1-3H,(H2,7,8,9)(H2,10,11,12)(H2,13,14,15);2*1H2. The Bertz CT molecular complexity index is 1060. The Morgan fingerprint density at radius 2 is 0.762 bits per heavy atom. The van der Waals surface area contributed by atoms with E-state index in [1.165, 1.54) is 38.5 Å². The zero-order valence-corrected chi connectivity index (χ0v) is 26.5. The molecule has 16 heteroatoms. The monoisotopic (exact) mass is 656 g/mol. The van der Waals surface area contributed by atoms with E-state index >= 15 is 0 Å². The van der Waals surface area contributed by atoms with Crippen LogP contribution in [-0.4, -0.2) is 41.6 Å². The van der Waals surface area contributed by atoms with Crippen LogP contribution >= 0.6 is 22.8 Å². The summed E-state index contributed by atoms with van der Waals surface area (Å²) in [6, 6.07) is 1.24. The van der Waals surface area contributed by atoms with E-state index in [0.29, 0.717) is 29.3 Å². The van der Waals surface area contributed by atoms with Crippen LogP contribution < -0.4 is 37.2 Å². The number of quaternary nitrogens is 2. The SMILES string of the molecule is O.O.O=P([O-])(O)c1cc(P(=O)([O-])O)cc(P(=O)(O)O)c1.[NH3+]C12CC3CC(CC(C3)C1)C2.[NH3+]C12CC3CC(CC(C3)C1)C2. The maximum Gasteiger partial charge on any atom is 0.356 e.